The van der Waals surface area contributed by atoms with E-state index in [4.69, 9.17) is 9.31 Å². The number of allylic oxidation sites excluding steroid dienone is 1. The van der Waals surface area contributed by atoms with Gasteiger partial charge in [-0.1, -0.05) is 102 Å². The second-order valence-electron chi connectivity index (χ2n) is 10.4. The highest BCUT2D eigenvalue weighted by Crippen LogP contribution is 2.43. The molecule has 1 atom stereocenters. The molecule has 0 radical (unpaired) electrons. The molecule has 170 valence electrons. The molecule has 4 heteroatoms. The van der Waals surface area contributed by atoms with Crippen molar-refractivity contribution in [3.05, 3.63) is 108 Å². The summed E-state index contributed by atoms with van der Waals surface area (Å²) < 4.78 is 13.1. The molecule has 1 saturated heterocycles. The summed E-state index contributed by atoms with van der Waals surface area (Å²) in [5, 5.41) is 2.75. The van der Waals surface area contributed by atoms with E-state index in [0.717, 1.165) is 5.47 Å². The Bertz CT molecular complexity index is 1070. The Balaban J connectivity index is 1.94. The van der Waals surface area contributed by atoms with E-state index < -0.39 is 26.4 Å². The number of hydrogen-bond acceptors (Lipinski definition) is 2. The normalized spacial score (nSPS) is 18.2. The molecule has 4 rings (SSSR count). The van der Waals surface area contributed by atoms with E-state index in [1.54, 1.807) is 0 Å². The van der Waals surface area contributed by atoms with Crippen LogP contribution in [-0.2, 0) is 9.31 Å². The van der Waals surface area contributed by atoms with Crippen molar-refractivity contribution in [2.45, 2.75) is 57.9 Å². The molecule has 3 aromatic rings. The van der Waals surface area contributed by atoms with Gasteiger partial charge < -0.3 is 9.31 Å². The maximum atomic E-state index is 6.54. The predicted octanol–water partition coefficient (Wildman–Crippen LogP) is 5.70. The average molecular weight is 454 g/mol. The van der Waals surface area contributed by atoms with Crippen molar-refractivity contribution in [1.82, 2.24) is 0 Å². The van der Waals surface area contributed by atoms with Crippen LogP contribution >= 0.6 is 0 Å². The molecule has 0 spiro atoms. The van der Waals surface area contributed by atoms with Crippen molar-refractivity contribution in [1.29, 1.82) is 0 Å². The molecule has 0 N–H and O–H groups in total. The van der Waals surface area contributed by atoms with Crippen LogP contribution in [0.5, 0.6) is 0 Å². The molecule has 0 aliphatic carbocycles. The van der Waals surface area contributed by atoms with Gasteiger partial charge in [-0.15, -0.1) is 6.58 Å². The van der Waals surface area contributed by atoms with Crippen LogP contribution in [-0.4, -0.2) is 26.4 Å². The third kappa shape index (κ3) is 4.16. The van der Waals surface area contributed by atoms with Crippen LogP contribution < -0.4 is 10.4 Å². The van der Waals surface area contributed by atoms with E-state index in [1.807, 2.05) is 0 Å². The van der Waals surface area contributed by atoms with E-state index in [-0.39, 0.29) is 5.54 Å². The summed E-state index contributed by atoms with van der Waals surface area (Å²) >= 11 is 0. The zero-order chi connectivity index (χ0) is 23.9. The summed E-state index contributed by atoms with van der Waals surface area (Å²) in [4.78, 5) is 0. The van der Waals surface area contributed by atoms with Crippen molar-refractivity contribution in [2.24, 2.45) is 0 Å². The molecule has 33 heavy (non-hydrogen) atoms. The van der Waals surface area contributed by atoms with Gasteiger partial charge in [-0.3, -0.25) is 0 Å². The molecule has 1 aliphatic rings. The molecule has 1 aliphatic heterocycles. The number of benzene rings is 3. The minimum absolute atomic E-state index is 0.0817. The molecule has 0 unspecified atom stereocenters. The second-order valence-corrected chi connectivity index (χ2v) is 14.5. The fraction of sp³-hybridized carbons (Fsp3) is 0.310. The zero-order valence-corrected chi connectivity index (χ0v) is 21.8. The van der Waals surface area contributed by atoms with E-state index in [9.17, 15) is 0 Å². The lowest BCUT2D eigenvalue weighted by molar-refractivity contribution is 0.00578. The quantitative estimate of drug-likeness (QED) is 0.445. The standard InChI is InChI=1S/C29H35BO2Si/c1-22-16-14-15-21-26(22)27(23(2)30-31-28(3,4)29(5,6)32-30)33(7,24-17-10-8-11-18-24)25-19-12-9-13-20-25/h8-21,27H,2H2,1,3-7H3/t27-/m1/s1. The van der Waals surface area contributed by atoms with Gasteiger partial charge in [-0.2, -0.15) is 0 Å². The first kappa shape index (κ1) is 23.7. The van der Waals surface area contributed by atoms with Gasteiger partial charge in [-0.25, -0.2) is 0 Å². The molecule has 1 heterocycles. The van der Waals surface area contributed by atoms with E-state index in [2.05, 4.69) is 133 Å². The smallest absolute Gasteiger partial charge is 0.400 e. The molecule has 3 aromatic carbocycles. The molecule has 0 aromatic heterocycles. The van der Waals surface area contributed by atoms with Gasteiger partial charge in [0.2, 0.25) is 0 Å². The van der Waals surface area contributed by atoms with E-state index in [0.29, 0.717) is 0 Å². The van der Waals surface area contributed by atoms with Gasteiger partial charge in [0.25, 0.3) is 0 Å². The Hall–Kier alpha value is -2.40. The Labute approximate surface area is 200 Å². The van der Waals surface area contributed by atoms with Crippen molar-refractivity contribution in [2.75, 3.05) is 0 Å². The molecular weight excluding hydrogens is 419 g/mol. The summed E-state index contributed by atoms with van der Waals surface area (Å²) in [5.74, 6) is 0. The van der Waals surface area contributed by atoms with Crippen LogP contribution in [0.4, 0.5) is 0 Å². The maximum Gasteiger partial charge on any atom is 0.490 e. The van der Waals surface area contributed by atoms with E-state index >= 15 is 0 Å². The van der Waals surface area contributed by atoms with Crippen molar-refractivity contribution in [3.63, 3.8) is 0 Å². The van der Waals surface area contributed by atoms with E-state index in [1.165, 1.54) is 21.5 Å². The van der Waals surface area contributed by atoms with Gasteiger partial charge in [0, 0.05) is 5.54 Å². The highest BCUT2D eigenvalue weighted by Gasteiger charge is 2.55. The van der Waals surface area contributed by atoms with Crippen molar-refractivity contribution >= 4 is 25.6 Å². The average Bonchev–Trinajstić information content (AvgIpc) is 3.03. The molecule has 1 fully saturated rings. The molecule has 2 nitrogen and oxygen atoms in total. The number of rotatable bonds is 6. The third-order valence-electron chi connectivity index (χ3n) is 7.75. The Morgan fingerprint density at radius 3 is 1.64 bits per heavy atom. The third-order valence-corrected chi connectivity index (χ3v) is 12.7. The summed E-state index contributed by atoms with van der Waals surface area (Å²) in [6.45, 7) is 17.8. The van der Waals surface area contributed by atoms with Crippen LogP contribution in [0.15, 0.2) is 97.0 Å². The van der Waals surface area contributed by atoms with Gasteiger partial charge in [0.1, 0.15) is 8.07 Å². The van der Waals surface area contributed by atoms with Gasteiger partial charge in [0.05, 0.1) is 11.2 Å². The number of aryl methyl sites for hydroxylation is 1. The highest BCUT2D eigenvalue weighted by molar-refractivity contribution is 7.03. The first-order valence-electron chi connectivity index (χ1n) is 11.8. The summed E-state index contributed by atoms with van der Waals surface area (Å²) in [7, 11) is -2.85. The second kappa shape index (κ2) is 8.75. The minimum Gasteiger partial charge on any atom is -0.400 e. The SMILES string of the molecule is C=C(B1OC(C)(C)C(C)(C)O1)[C@H](c1ccccc1C)[Si](C)(c1ccccc1)c1ccccc1. The van der Waals surface area contributed by atoms with Crippen LogP contribution in [0.25, 0.3) is 0 Å². The lowest BCUT2D eigenvalue weighted by Crippen LogP contribution is -2.61. The fourth-order valence-corrected chi connectivity index (χ4v) is 9.58. The predicted molar refractivity (Wildman–Crippen MR) is 143 cm³/mol. The molecule has 0 saturated carbocycles. The van der Waals surface area contributed by atoms with Crippen LogP contribution in [0.1, 0.15) is 44.4 Å². The zero-order valence-electron chi connectivity index (χ0n) is 20.8. The molecule has 0 bridgehead atoms. The summed E-state index contributed by atoms with van der Waals surface area (Å²) in [6.07, 6.45) is 0. The molecule has 0 amide bonds. The molecular formula is C29H35BO2Si. The Morgan fingerprint density at radius 1 is 0.758 bits per heavy atom. The Morgan fingerprint density at radius 2 is 1.18 bits per heavy atom. The van der Waals surface area contributed by atoms with Crippen molar-refractivity contribution < 1.29 is 9.31 Å². The monoisotopic (exact) mass is 454 g/mol. The lowest BCUT2D eigenvalue weighted by atomic mass is 9.75. The first-order chi connectivity index (χ1) is 15.6. The first-order valence-corrected chi connectivity index (χ1v) is 14.4. The summed E-state index contributed by atoms with van der Waals surface area (Å²) in [5.41, 5.74) is 2.84. The van der Waals surface area contributed by atoms with Gasteiger partial charge >= 0.3 is 7.12 Å². The summed E-state index contributed by atoms with van der Waals surface area (Å²) in [6, 6.07) is 30.6. The van der Waals surface area contributed by atoms with Gasteiger partial charge in [-0.05, 0) is 51.2 Å². The lowest BCUT2D eigenvalue weighted by Gasteiger charge is -2.40. The Kier molecular flexibility index (Phi) is 6.30. The highest BCUT2D eigenvalue weighted by atomic mass is 28.3. The number of hydrogen-bond donors (Lipinski definition) is 0. The minimum atomic E-state index is -2.39. The largest absolute Gasteiger partial charge is 0.490 e. The van der Waals surface area contributed by atoms with Gasteiger partial charge in [0.15, 0.2) is 0 Å². The fourth-order valence-electron chi connectivity index (χ4n) is 4.99. The van der Waals surface area contributed by atoms with Crippen LogP contribution in [0, 0.1) is 6.92 Å². The maximum absolute atomic E-state index is 6.54. The van der Waals surface area contributed by atoms with Crippen molar-refractivity contribution in [3.8, 4) is 0 Å². The topological polar surface area (TPSA) is 18.5 Å². The van der Waals surface area contributed by atoms with Crippen LogP contribution in [0.2, 0.25) is 6.55 Å². The van der Waals surface area contributed by atoms with Crippen LogP contribution in [0.3, 0.4) is 0 Å².